The van der Waals surface area contributed by atoms with Crippen molar-refractivity contribution in [3.63, 3.8) is 0 Å². The highest BCUT2D eigenvalue weighted by atomic mass is 32.1. The van der Waals surface area contributed by atoms with E-state index in [0.29, 0.717) is 12.0 Å². The molecule has 0 spiro atoms. The number of hydrogen-bond acceptors (Lipinski definition) is 4. The standard InChI is InChI=1S/C20H18OS3/c1-3-17(22-7-1)19-11-15(20(24-19)18-4-2-8-23-18)12-21-16-10-13-5-6-14(16)9-13/h1-8,11,13-14,16H,9-10,12H2/t13-,14+,16+/m0/s1. The van der Waals surface area contributed by atoms with E-state index in [2.05, 4.69) is 53.2 Å². The Balaban J connectivity index is 1.42. The third-order valence-corrected chi connectivity index (χ3v) is 8.28. The smallest absolute Gasteiger partial charge is 0.0735 e. The fourth-order valence-electron chi connectivity index (χ4n) is 3.81. The quantitative estimate of drug-likeness (QED) is 0.455. The van der Waals surface area contributed by atoms with Gasteiger partial charge in [0, 0.05) is 20.5 Å². The van der Waals surface area contributed by atoms with Crippen LogP contribution in [0, 0.1) is 11.8 Å². The zero-order valence-electron chi connectivity index (χ0n) is 13.2. The van der Waals surface area contributed by atoms with Gasteiger partial charge in [-0.2, -0.15) is 0 Å². The zero-order chi connectivity index (χ0) is 15.9. The van der Waals surface area contributed by atoms with Gasteiger partial charge in [-0.05, 0) is 53.3 Å². The molecule has 24 heavy (non-hydrogen) atoms. The molecule has 0 aliphatic heterocycles. The van der Waals surface area contributed by atoms with Crippen molar-refractivity contribution in [1.29, 1.82) is 0 Å². The highest BCUT2D eigenvalue weighted by molar-refractivity contribution is 7.25. The third kappa shape index (κ3) is 2.72. The molecular formula is C20H18OS3. The normalized spacial score (nSPS) is 24.9. The van der Waals surface area contributed by atoms with E-state index in [4.69, 9.17) is 4.74 Å². The Hall–Kier alpha value is -1.20. The van der Waals surface area contributed by atoms with Crippen LogP contribution in [0.2, 0.25) is 0 Å². The molecule has 122 valence electrons. The van der Waals surface area contributed by atoms with Gasteiger partial charge in [-0.1, -0.05) is 24.3 Å². The summed E-state index contributed by atoms with van der Waals surface area (Å²) < 4.78 is 6.36. The minimum atomic E-state index is 0.418. The van der Waals surface area contributed by atoms with Crippen molar-refractivity contribution in [3.05, 3.63) is 58.8 Å². The van der Waals surface area contributed by atoms with Crippen LogP contribution in [0.1, 0.15) is 18.4 Å². The Morgan fingerprint density at radius 1 is 0.958 bits per heavy atom. The maximum absolute atomic E-state index is 6.36. The van der Waals surface area contributed by atoms with Crippen molar-refractivity contribution in [1.82, 2.24) is 0 Å². The molecule has 5 rings (SSSR count). The van der Waals surface area contributed by atoms with Gasteiger partial charge in [-0.3, -0.25) is 0 Å². The average Bonchev–Trinajstić information content (AvgIpc) is 3.43. The molecule has 0 N–H and O–H groups in total. The van der Waals surface area contributed by atoms with Gasteiger partial charge in [-0.25, -0.2) is 0 Å². The van der Waals surface area contributed by atoms with Crippen molar-refractivity contribution in [3.8, 4) is 19.5 Å². The number of allylic oxidation sites excluding steroid dienone is 1. The fraction of sp³-hybridized carbons (Fsp3) is 0.300. The SMILES string of the molecule is C1=C[C@@H]2C[C@H]1C[C@H]2OCc1cc(-c2cccs2)sc1-c1cccs1. The second kappa shape index (κ2) is 6.26. The lowest BCUT2D eigenvalue weighted by molar-refractivity contribution is 0.0249. The van der Waals surface area contributed by atoms with E-state index in [1.54, 1.807) is 0 Å². The first-order valence-corrected chi connectivity index (χ1v) is 10.9. The molecule has 0 unspecified atom stereocenters. The van der Waals surface area contributed by atoms with Crippen molar-refractivity contribution >= 4 is 34.0 Å². The lowest BCUT2D eigenvalue weighted by Crippen LogP contribution is -2.17. The van der Waals surface area contributed by atoms with Gasteiger partial charge in [0.25, 0.3) is 0 Å². The van der Waals surface area contributed by atoms with E-state index in [0.717, 1.165) is 12.5 Å². The molecular weight excluding hydrogens is 352 g/mol. The van der Waals surface area contributed by atoms with Gasteiger partial charge in [0.05, 0.1) is 17.6 Å². The Kier molecular flexibility index (Phi) is 3.94. The van der Waals surface area contributed by atoms with Crippen molar-refractivity contribution in [2.24, 2.45) is 11.8 Å². The minimum absolute atomic E-state index is 0.418. The highest BCUT2D eigenvalue weighted by Gasteiger charge is 2.36. The summed E-state index contributed by atoms with van der Waals surface area (Å²) in [6.45, 7) is 0.733. The predicted octanol–water partition coefficient (Wildman–Crippen LogP) is 6.69. The van der Waals surface area contributed by atoms with Crippen LogP contribution in [-0.2, 0) is 11.3 Å². The summed E-state index contributed by atoms with van der Waals surface area (Å²) in [6, 6.07) is 11.0. The largest absolute Gasteiger partial charge is 0.373 e. The molecule has 1 fully saturated rings. The van der Waals surface area contributed by atoms with Crippen LogP contribution in [0.4, 0.5) is 0 Å². The van der Waals surface area contributed by atoms with E-state index < -0.39 is 0 Å². The molecule has 0 aromatic carbocycles. The Morgan fingerprint density at radius 2 is 1.79 bits per heavy atom. The third-order valence-electron chi connectivity index (χ3n) is 4.99. The molecule has 1 nitrogen and oxygen atoms in total. The van der Waals surface area contributed by atoms with E-state index in [-0.39, 0.29) is 0 Å². The first-order chi connectivity index (χ1) is 11.9. The molecule has 3 heterocycles. The molecule has 0 saturated heterocycles. The molecule has 2 aliphatic rings. The van der Waals surface area contributed by atoms with E-state index in [1.807, 2.05) is 34.0 Å². The molecule has 4 heteroatoms. The van der Waals surface area contributed by atoms with Gasteiger partial charge in [-0.15, -0.1) is 34.0 Å². The van der Waals surface area contributed by atoms with E-state index >= 15 is 0 Å². The van der Waals surface area contributed by atoms with Crippen LogP contribution in [0.3, 0.4) is 0 Å². The number of ether oxygens (including phenoxy) is 1. The zero-order valence-corrected chi connectivity index (χ0v) is 15.6. The summed E-state index contributed by atoms with van der Waals surface area (Å²) in [4.78, 5) is 5.45. The number of thiophene rings is 3. The predicted molar refractivity (Wildman–Crippen MR) is 105 cm³/mol. The van der Waals surface area contributed by atoms with Crippen LogP contribution in [-0.4, -0.2) is 6.10 Å². The minimum Gasteiger partial charge on any atom is -0.373 e. The van der Waals surface area contributed by atoms with Crippen LogP contribution in [0.25, 0.3) is 19.5 Å². The summed E-state index contributed by atoms with van der Waals surface area (Å²) in [5.41, 5.74) is 1.35. The van der Waals surface area contributed by atoms with E-state index in [1.165, 1.54) is 37.9 Å². The lowest BCUT2D eigenvalue weighted by Gasteiger charge is -2.18. The topological polar surface area (TPSA) is 9.23 Å². The molecule has 1 saturated carbocycles. The van der Waals surface area contributed by atoms with Gasteiger partial charge < -0.3 is 4.74 Å². The lowest BCUT2D eigenvalue weighted by atomic mass is 10.0. The number of rotatable bonds is 5. The molecule has 0 radical (unpaired) electrons. The van der Waals surface area contributed by atoms with Gasteiger partial charge in [0.2, 0.25) is 0 Å². The van der Waals surface area contributed by atoms with Crippen LogP contribution in [0.15, 0.2) is 53.2 Å². The summed E-state index contributed by atoms with van der Waals surface area (Å²) in [5, 5.41) is 4.31. The van der Waals surface area contributed by atoms with Crippen LogP contribution >= 0.6 is 34.0 Å². The van der Waals surface area contributed by atoms with Crippen molar-refractivity contribution in [2.75, 3.05) is 0 Å². The van der Waals surface area contributed by atoms with Crippen LogP contribution in [0.5, 0.6) is 0 Å². The molecule has 2 aliphatic carbocycles. The Bertz CT molecular complexity index is 842. The second-order valence-electron chi connectivity index (χ2n) is 6.55. The fourth-order valence-corrected chi connectivity index (χ4v) is 6.69. The van der Waals surface area contributed by atoms with E-state index in [9.17, 15) is 0 Å². The molecule has 3 aromatic heterocycles. The maximum Gasteiger partial charge on any atom is 0.0735 e. The Morgan fingerprint density at radius 3 is 2.46 bits per heavy atom. The number of hydrogen-bond donors (Lipinski definition) is 0. The maximum atomic E-state index is 6.36. The first kappa shape index (κ1) is 15.1. The summed E-state index contributed by atoms with van der Waals surface area (Å²) in [6.07, 6.45) is 7.66. The van der Waals surface area contributed by atoms with Crippen LogP contribution < -0.4 is 0 Å². The number of fused-ring (bicyclic) bond motifs is 2. The highest BCUT2D eigenvalue weighted by Crippen LogP contribution is 2.44. The molecule has 0 amide bonds. The summed E-state index contributed by atoms with van der Waals surface area (Å²) in [7, 11) is 0. The van der Waals surface area contributed by atoms with Gasteiger partial charge >= 0.3 is 0 Å². The van der Waals surface area contributed by atoms with Gasteiger partial charge in [0.15, 0.2) is 0 Å². The van der Waals surface area contributed by atoms with Crippen molar-refractivity contribution in [2.45, 2.75) is 25.6 Å². The monoisotopic (exact) mass is 370 g/mol. The second-order valence-corrected chi connectivity index (χ2v) is 9.50. The van der Waals surface area contributed by atoms with Gasteiger partial charge in [0.1, 0.15) is 0 Å². The summed E-state index contributed by atoms with van der Waals surface area (Å²) in [5.74, 6) is 1.41. The average molecular weight is 371 g/mol. The Labute approximate surface area is 154 Å². The first-order valence-electron chi connectivity index (χ1n) is 8.37. The molecule has 3 atom stereocenters. The molecule has 3 aromatic rings. The van der Waals surface area contributed by atoms with Crippen molar-refractivity contribution < 1.29 is 4.74 Å². The summed E-state index contributed by atoms with van der Waals surface area (Å²) >= 11 is 5.53. The molecule has 2 bridgehead atoms.